The van der Waals surface area contributed by atoms with E-state index in [9.17, 15) is 0 Å². The molecule has 94 valence electrons. The zero-order valence-corrected chi connectivity index (χ0v) is 12.1. The Kier molecular flexibility index (Phi) is 3.64. The Morgan fingerprint density at radius 1 is 1.24 bits per heavy atom. The van der Waals surface area contributed by atoms with Crippen LogP contribution in [0.1, 0.15) is 25.3 Å². The average molecular weight is 300 g/mol. The molecule has 17 heavy (non-hydrogen) atoms. The molecule has 1 saturated heterocycles. The zero-order chi connectivity index (χ0) is 12.5. The molecule has 4 heteroatoms. The molecule has 1 fully saturated rings. The Morgan fingerprint density at radius 3 is 2.41 bits per heavy atom. The third-order valence-electron chi connectivity index (χ3n) is 3.44. The van der Waals surface area contributed by atoms with Crippen molar-refractivity contribution in [2.45, 2.75) is 25.3 Å². The molecule has 1 aliphatic heterocycles. The van der Waals surface area contributed by atoms with Crippen molar-refractivity contribution in [2.24, 2.45) is 0 Å². The van der Waals surface area contributed by atoms with E-state index in [1.807, 2.05) is 6.07 Å². The van der Waals surface area contributed by atoms with Crippen molar-refractivity contribution in [2.75, 3.05) is 20.8 Å². The number of methoxy groups -OCH3 is 2. The molecule has 1 aliphatic rings. The van der Waals surface area contributed by atoms with Crippen molar-refractivity contribution in [3.63, 3.8) is 0 Å². The standard InChI is InChI=1S/C13H18BrNO2/c1-13(5-4-6-15-13)9-7-11(16-2)12(17-3)8-10(9)14/h7-8,15H,4-6H2,1-3H3. The second-order valence-electron chi connectivity index (χ2n) is 4.55. The molecule has 0 saturated carbocycles. The summed E-state index contributed by atoms with van der Waals surface area (Å²) < 4.78 is 11.7. The first-order valence-corrected chi connectivity index (χ1v) is 6.57. The minimum Gasteiger partial charge on any atom is -0.493 e. The molecule has 0 bridgehead atoms. The van der Waals surface area contributed by atoms with Crippen molar-refractivity contribution in [1.29, 1.82) is 0 Å². The van der Waals surface area contributed by atoms with Gasteiger partial charge in [-0.1, -0.05) is 15.9 Å². The topological polar surface area (TPSA) is 30.5 Å². The van der Waals surface area contributed by atoms with Crippen LogP contribution in [0.5, 0.6) is 11.5 Å². The number of nitrogens with one attached hydrogen (secondary N) is 1. The molecule has 0 amide bonds. The zero-order valence-electron chi connectivity index (χ0n) is 10.5. The normalized spacial score (nSPS) is 23.8. The Balaban J connectivity index is 2.47. The van der Waals surface area contributed by atoms with Crippen LogP contribution >= 0.6 is 15.9 Å². The van der Waals surface area contributed by atoms with Crippen LogP contribution in [0.2, 0.25) is 0 Å². The highest BCUT2D eigenvalue weighted by atomic mass is 79.9. The first kappa shape index (κ1) is 12.7. The average Bonchev–Trinajstić information content (AvgIpc) is 2.76. The van der Waals surface area contributed by atoms with Gasteiger partial charge in [-0.25, -0.2) is 0 Å². The molecule has 1 heterocycles. The number of hydrogen-bond acceptors (Lipinski definition) is 3. The van der Waals surface area contributed by atoms with Crippen molar-refractivity contribution < 1.29 is 9.47 Å². The maximum absolute atomic E-state index is 5.36. The smallest absolute Gasteiger partial charge is 0.161 e. The van der Waals surface area contributed by atoms with Gasteiger partial charge in [-0.15, -0.1) is 0 Å². The largest absolute Gasteiger partial charge is 0.493 e. The van der Waals surface area contributed by atoms with Gasteiger partial charge in [-0.05, 0) is 44.0 Å². The monoisotopic (exact) mass is 299 g/mol. The van der Waals surface area contributed by atoms with E-state index < -0.39 is 0 Å². The highest BCUT2D eigenvalue weighted by molar-refractivity contribution is 9.10. The molecule has 3 nitrogen and oxygen atoms in total. The Morgan fingerprint density at radius 2 is 1.88 bits per heavy atom. The predicted molar refractivity (Wildman–Crippen MR) is 71.8 cm³/mol. The Bertz CT molecular complexity index is 414. The Labute approximate surface area is 111 Å². The molecule has 0 aliphatic carbocycles. The van der Waals surface area contributed by atoms with E-state index in [0.29, 0.717) is 0 Å². The number of halogens is 1. The van der Waals surface area contributed by atoms with Crippen LogP contribution in [0.25, 0.3) is 0 Å². The molecule has 1 aromatic rings. The summed E-state index contributed by atoms with van der Waals surface area (Å²) in [5, 5.41) is 3.55. The molecule has 1 unspecified atom stereocenters. The maximum Gasteiger partial charge on any atom is 0.161 e. The number of rotatable bonds is 3. The van der Waals surface area contributed by atoms with Crippen LogP contribution in [-0.4, -0.2) is 20.8 Å². The number of hydrogen-bond donors (Lipinski definition) is 1. The van der Waals surface area contributed by atoms with E-state index in [-0.39, 0.29) is 5.54 Å². The molecule has 0 radical (unpaired) electrons. The van der Waals surface area contributed by atoms with Gasteiger partial charge in [0.15, 0.2) is 11.5 Å². The van der Waals surface area contributed by atoms with E-state index in [1.165, 1.54) is 12.0 Å². The van der Waals surface area contributed by atoms with Gasteiger partial charge in [0.2, 0.25) is 0 Å². The summed E-state index contributed by atoms with van der Waals surface area (Å²) in [7, 11) is 3.32. The molecule has 0 spiro atoms. The molecule has 0 aromatic heterocycles. The van der Waals surface area contributed by atoms with Crippen molar-refractivity contribution in [1.82, 2.24) is 5.32 Å². The van der Waals surface area contributed by atoms with E-state index in [4.69, 9.17) is 9.47 Å². The van der Waals surface area contributed by atoms with Crippen LogP contribution < -0.4 is 14.8 Å². The minimum absolute atomic E-state index is 0.0262. The fourth-order valence-corrected chi connectivity index (χ4v) is 3.16. The second kappa shape index (κ2) is 4.86. The predicted octanol–water partition coefficient (Wildman–Crippen LogP) is 3.06. The Hall–Kier alpha value is -0.740. The summed E-state index contributed by atoms with van der Waals surface area (Å²) in [6.45, 7) is 3.29. The van der Waals surface area contributed by atoms with Gasteiger partial charge in [-0.3, -0.25) is 0 Å². The summed E-state index contributed by atoms with van der Waals surface area (Å²) in [5.41, 5.74) is 1.26. The first-order chi connectivity index (χ1) is 8.10. The van der Waals surface area contributed by atoms with Crippen molar-refractivity contribution in [3.8, 4) is 11.5 Å². The van der Waals surface area contributed by atoms with Gasteiger partial charge in [0, 0.05) is 10.0 Å². The van der Waals surface area contributed by atoms with Gasteiger partial charge >= 0.3 is 0 Å². The molecular weight excluding hydrogens is 282 g/mol. The van der Waals surface area contributed by atoms with E-state index in [2.05, 4.69) is 34.2 Å². The minimum atomic E-state index is 0.0262. The third kappa shape index (κ3) is 2.29. The van der Waals surface area contributed by atoms with Crippen LogP contribution in [0, 0.1) is 0 Å². The number of ether oxygens (including phenoxy) is 2. The van der Waals surface area contributed by atoms with Gasteiger partial charge in [-0.2, -0.15) is 0 Å². The van der Waals surface area contributed by atoms with Gasteiger partial charge in [0.1, 0.15) is 0 Å². The van der Waals surface area contributed by atoms with Gasteiger partial charge in [0.05, 0.1) is 14.2 Å². The van der Waals surface area contributed by atoms with Crippen LogP contribution in [0.4, 0.5) is 0 Å². The van der Waals surface area contributed by atoms with Crippen molar-refractivity contribution >= 4 is 15.9 Å². The van der Waals surface area contributed by atoms with E-state index >= 15 is 0 Å². The fourth-order valence-electron chi connectivity index (χ4n) is 2.40. The summed E-state index contributed by atoms with van der Waals surface area (Å²) in [4.78, 5) is 0. The quantitative estimate of drug-likeness (QED) is 0.930. The lowest BCUT2D eigenvalue weighted by Crippen LogP contribution is -2.33. The third-order valence-corrected chi connectivity index (χ3v) is 4.09. The lowest BCUT2D eigenvalue weighted by atomic mass is 9.90. The SMILES string of the molecule is COc1cc(Br)c(C2(C)CCCN2)cc1OC. The maximum atomic E-state index is 5.36. The van der Waals surface area contributed by atoms with Crippen LogP contribution in [-0.2, 0) is 5.54 Å². The van der Waals surface area contributed by atoms with Crippen LogP contribution in [0.3, 0.4) is 0 Å². The molecule has 1 N–H and O–H groups in total. The van der Waals surface area contributed by atoms with E-state index in [0.717, 1.165) is 28.9 Å². The highest BCUT2D eigenvalue weighted by Crippen LogP contribution is 2.41. The highest BCUT2D eigenvalue weighted by Gasteiger charge is 2.32. The molecule has 2 rings (SSSR count). The van der Waals surface area contributed by atoms with Crippen LogP contribution in [0.15, 0.2) is 16.6 Å². The summed E-state index contributed by atoms with van der Waals surface area (Å²) >= 11 is 3.62. The molecular formula is C13H18BrNO2. The summed E-state index contributed by atoms with van der Waals surface area (Å²) in [6, 6.07) is 4.03. The fraction of sp³-hybridized carbons (Fsp3) is 0.538. The summed E-state index contributed by atoms with van der Waals surface area (Å²) in [5.74, 6) is 1.53. The molecule has 1 aromatic carbocycles. The first-order valence-electron chi connectivity index (χ1n) is 5.78. The lowest BCUT2D eigenvalue weighted by Gasteiger charge is -2.27. The van der Waals surface area contributed by atoms with Crippen molar-refractivity contribution in [3.05, 3.63) is 22.2 Å². The summed E-state index contributed by atoms with van der Waals surface area (Å²) in [6.07, 6.45) is 2.35. The van der Waals surface area contributed by atoms with E-state index in [1.54, 1.807) is 14.2 Å². The lowest BCUT2D eigenvalue weighted by molar-refractivity contribution is 0.351. The van der Waals surface area contributed by atoms with Gasteiger partial charge < -0.3 is 14.8 Å². The second-order valence-corrected chi connectivity index (χ2v) is 5.40. The molecule has 1 atom stereocenters. The number of benzene rings is 1. The van der Waals surface area contributed by atoms with Gasteiger partial charge in [0.25, 0.3) is 0 Å².